The molecule has 39 heavy (non-hydrogen) atoms. The van der Waals surface area contributed by atoms with Crippen LogP contribution < -0.4 is 0 Å². The van der Waals surface area contributed by atoms with Gasteiger partial charge in [0.1, 0.15) is 6.33 Å². The van der Waals surface area contributed by atoms with E-state index in [0.717, 1.165) is 16.6 Å². The van der Waals surface area contributed by atoms with E-state index in [1.165, 1.54) is 60.2 Å². The zero-order valence-electron chi connectivity index (χ0n) is 21.2. The Bertz CT molecular complexity index is 1930. The van der Waals surface area contributed by atoms with Crippen LogP contribution >= 0.6 is 11.3 Å². The first kappa shape index (κ1) is 22.4. The first-order valence-corrected chi connectivity index (χ1v) is 14.1. The molecule has 3 heteroatoms. The van der Waals surface area contributed by atoms with Gasteiger partial charge in [0, 0.05) is 22.2 Å². The summed E-state index contributed by atoms with van der Waals surface area (Å²) in [4.78, 5) is 8.87. The Morgan fingerprint density at radius 1 is 0.590 bits per heavy atom. The lowest BCUT2D eigenvalue weighted by molar-refractivity contribution is 0.829. The van der Waals surface area contributed by atoms with Crippen molar-refractivity contribution >= 4 is 31.6 Å². The SMILES string of the molecule is c1ccc(-c2cc(CC3c4ccccc4-c4cc5c(cc43)sc3cncnc35)cc(-c3ccccc3)c2)cc1. The van der Waals surface area contributed by atoms with E-state index in [0.29, 0.717) is 5.92 Å². The molecule has 0 aliphatic heterocycles. The summed E-state index contributed by atoms with van der Waals surface area (Å²) in [5, 5.41) is 1.23. The number of nitrogens with zero attached hydrogens (tertiary/aromatic N) is 2. The van der Waals surface area contributed by atoms with Crippen LogP contribution in [0, 0.1) is 0 Å². The van der Waals surface area contributed by atoms with Gasteiger partial charge in [-0.1, -0.05) is 97.1 Å². The van der Waals surface area contributed by atoms with Crippen LogP contribution in [-0.4, -0.2) is 9.97 Å². The van der Waals surface area contributed by atoms with Crippen molar-refractivity contribution in [3.05, 3.63) is 144 Å². The molecule has 8 rings (SSSR count). The largest absolute Gasteiger partial charge is 0.243 e. The lowest BCUT2D eigenvalue weighted by Gasteiger charge is -2.17. The molecule has 0 radical (unpaired) electrons. The van der Waals surface area contributed by atoms with Gasteiger partial charge in [-0.2, -0.15) is 0 Å². The van der Waals surface area contributed by atoms with Crippen LogP contribution in [0.15, 0.2) is 128 Å². The van der Waals surface area contributed by atoms with Crippen LogP contribution in [0.3, 0.4) is 0 Å². The third-order valence-corrected chi connectivity index (χ3v) is 9.03. The Hall–Kier alpha value is -4.60. The van der Waals surface area contributed by atoms with Crippen LogP contribution in [0.2, 0.25) is 0 Å². The van der Waals surface area contributed by atoms with Gasteiger partial charge in [-0.25, -0.2) is 9.97 Å². The summed E-state index contributed by atoms with van der Waals surface area (Å²) in [6.45, 7) is 0. The quantitative estimate of drug-likeness (QED) is 0.233. The normalized spacial score (nSPS) is 14.0. The molecule has 1 aliphatic rings. The molecule has 7 aromatic rings. The smallest absolute Gasteiger partial charge is 0.116 e. The lowest BCUT2D eigenvalue weighted by Crippen LogP contribution is -2.02. The van der Waals surface area contributed by atoms with Crippen molar-refractivity contribution in [3.63, 3.8) is 0 Å². The Balaban J connectivity index is 1.29. The first-order chi connectivity index (χ1) is 19.3. The lowest BCUT2D eigenvalue weighted by atomic mass is 9.87. The Morgan fingerprint density at radius 2 is 1.28 bits per heavy atom. The van der Waals surface area contributed by atoms with Gasteiger partial charge in [0.05, 0.1) is 10.2 Å². The highest BCUT2D eigenvalue weighted by Gasteiger charge is 2.30. The van der Waals surface area contributed by atoms with Crippen molar-refractivity contribution in [3.8, 4) is 33.4 Å². The summed E-state index contributed by atoms with van der Waals surface area (Å²) in [5.74, 6) is 0.298. The van der Waals surface area contributed by atoms with Crippen LogP contribution in [0.25, 0.3) is 53.7 Å². The number of benzene rings is 5. The van der Waals surface area contributed by atoms with Gasteiger partial charge in [-0.3, -0.25) is 0 Å². The minimum Gasteiger partial charge on any atom is -0.243 e. The van der Waals surface area contributed by atoms with Crippen LogP contribution in [0.1, 0.15) is 22.6 Å². The van der Waals surface area contributed by atoms with E-state index >= 15 is 0 Å². The second kappa shape index (κ2) is 9.00. The number of fused-ring (bicyclic) bond motifs is 6. The highest BCUT2D eigenvalue weighted by atomic mass is 32.1. The van der Waals surface area contributed by atoms with E-state index in [2.05, 4.69) is 125 Å². The van der Waals surface area contributed by atoms with Gasteiger partial charge in [0.2, 0.25) is 0 Å². The Labute approximate surface area is 231 Å². The van der Waals surface area contributed by atoms with Crippen LogP contribution in [0.5, 0.6) is 0 Å². The van der Waals surface area contributed by atoms with Crippen molar-refractivity contribution < 1.29 is 0 Å². The summed E-state index contributed by atoms with van der Waals surface area (Å²) in [5.41, 5.74) is 12.9. The van der Waals surface area contributed by atoms with Gasteiger partial charge < -0.3 is 0 Å². The predicted molar refractivity (Wildman–Crippen MR) is 163 cm³/mol. The average Bonchev–Trinajstić information content (AvgIpc) is 3.52. The number of thiophene rings is 1. The highest BCUT2D eigenvalue weighted by molar-refractivity contribution is 7.25. The fourth-order valence-electron chi connectivity index (χ4n) is 6.17. The molecule has 0 spiro atoms. The fourth-order valence-corrected chi connectivity index (χ4v) is 7.23. The number of rotatable bonds is 4. The molecular formula is C36H24N2S. The first-order valence-electron chi connectivity index (χ1n) is 13.3. The van der Waals surface area contributed by atoms with E-state index in [9.17, 15) is 0 Å². The summed E-state index contributed by atoms with van der Waals surface area (Å²) in [6, 6.07) is 42.3. The van der Waals surface area contributed by atoms with Crippen LogP contribution in [-0.2, 0) is 6.42 Å². The van der Waals surface area contributed by atoms with E-state index in [-0.39, 0.29) is 0 Å². The summed E-state index contributed by atoms with van der Waals surface area (Å²) in [7, 11) is 0. The maximum atomic E-state index is 4.61. The van der Waals surface area contributed by atoms with Crippen molar-refractivity contribution in [1.29, 1.82) is 0 Å². The van der Waals surface area contributed by atoms with Crippen molar-refractivity contribution in [1.82, 2.24) is 9.97 Å². The topological polar surface area (TPSA) is 25.8 Å². The maximum Gasteiger partial charge on any atom is 0.116 e. The molecule has 184 valence electrons. The second-order valence-corrected chi connectivity index (χ2v) is 11.4. The summed E-state index contributed by atoms with van der Waals surface area (Å²) >= 11 is 1.79. The fraction of sp³-hybridized carbons (Fsp3) is 0.0556. The molecule has 0 saturated carbocycles. The van der Waals surface area contributed by atoms with Crippen molar-refractivity contribution in [2.75, 3.05) is 0 Å². The number of hydrogen-bond donors (Lipinski definition) is 0. The maximum absolute atomic E-state index is 4.61. The van der Waals surface area contributed by atoms with Gasteiger partial charge >= 0.3 is 0 Å². The molecule has 0 bridgehead atoms. The molecule has 0 fully saturated rings. The predicted octanol–water partition coefficient (Wildman–Crippen LogP) is 9.53. The Kier molecular flexibility index (Phi) is 5.17. The van der Waals surface area contributed by atoms with E-state index in [1.807, 2.05) is 6.20 Å². The molecule has 2 nitrogen and oxygen atoms in total. The van der Waals surface area contributed by atoms with Crippen molar-refractivity contribution in [2.45, 2.75) is 12.3 Å². The molecule has 1 aliphatic carbocycles. The molecular weight excluding hydrogens is 492 g/mol. The number of aromatic nitrogens is 2. The minimum atomic E-state index is 0.298. The summed E-state index contributed by atoms with van der Waals surface area (Å²) < 4.78 is 2.43. The van der Waals surface area contributed by atoms with E-state index < -0.39 is 0 Å². The minimum absolute atomic E-state index is 0.298. The van der Waals surface area contributed by atoms with Gasteiger partial charge in [0.15, 0.2) is 0 Å². The zero-order chi connectivity index (χ0) is 25.8. The van der Waals surface area contributed by atoms with Crippen LogP contribution in [0.4, 0.5) is 0 Å². The molecule has 0 N–H and O–H groups in total. The molecule has 1 atom stereocenters. The van der Waals surface area contributed by atoms with E-state index in [1.54, 1.807) is 17.7 Å². The molecule has 0 amide bonds. The van der Waals surface area contributed by atoms with Crippen molar-refractivity contribution in [2.24, 2.45) is 0 Å². The third-order valence-electron chi connectivity index (χ3n) is 7.95. The van der Waals surface area contributed by atoms with Gasteiger partial charge in [-0.15, -0.1) is 11.3 Å². The molecule has 2 aromatic heterocycles. The highest BCUT2D eigenvalue weighted by Crippen LogP contribution is 2.49. The standard InChI is InChI=1S/C36H24N2S/c1-3-9-24(10-4-1)26-15-23(16-27(18-26)25-11-5-2-6-12-25)17-30-28-13-7-8-14-29(28)31-19-33-34(20-32(30)31)39-35-21-37-22-38-36(33)35/h1-16,18-22,30H,17H2. The van der Waals surface area contributed by atoms with Gasteiger partial charge in [0.25, 0.3) is 0 Å². The average molecular weight is 517 g/mol. The molecule has 2 heterocycles. The van der Waals surface area contributed by atoms with E-state index in [4.69, 9.17) is 0 Å². The molecule has 5 aromatic carbocycles. The van der Waals surface area contributed by atoms with Gasteiger partial charge in [-0.05, 0) is 74.7 Å². The monoisotopic (exact) mass is 516 g/mol. The molecule has 1 unspecified atom stereocenters. The zero-order valence-corrected chi connectivity index (χ0v) is 22.0. The second-order valence-electron chi connectivity index (χ2n) is 10.3. The molecule has 0 saturated heterocycles. The Morgan fingerprint density at radius 3 is 2.03 bits per heavy atom. The summed E-state index contributed by atoms with van der Waals surface area (Å²) in [6.07, 6.45) is 4.53. The third kappa shape index (κ3) is 3.77. The number of hydrogen-bond acceptors (Lipinski definition) is 3.